The highest BCUT2D eigenvalue weighted by atomic mass is 32.2. The zero-order valence-electron chi connectivity index (χ0n) is 5.95. The fourth-order valence-electron chi connectivity index (χ4n) is 1.05. The highest BCUT2D eigenvalue weighted by Crippen LogP contribution is 2.36. The van der Waals surface area contributed by atoms with E-state index in [2.05, 4.69) is 4.99 Å². The van der Waals surface area contributed by atoms with Gasteiger partial charge in [-0.15, -0.1) is 11.8 Å². The van der Waals surface area contributed by atoms with E-state index in [0.29, 0.717) is 0 Å². The van der Waals surface area contributed by atoms with E-state index in [4.69, 9.17) is 5.73 Å². The molecule has 3 heteroatoms. The highest BCUT2D eigenvalue weighted by Gasteiger charge is 2.07. The van der Waals surface area contributed by atoms with E-state index in [9.17, 15) is 0 Å². The lowest BCUT2D eigenvalue weighted by molar-refractivity contribution is 1.37. The second-order valence-corrected chi connectivity index (χ2v) is 3.38. The maximum atomic E-state index is 5.71. The molecule has 1 aromatic rings. The molecule has 0 radical (unpaired) electrons. The van der Waals surface area contributed by atoms with Crippen molar-refractivity contribution < 1.29 is 0 Å². The summed E-state index contributed by atoms with van der Waals surface area (Å²) in [5.74, 6) is 0.955. The Kier molecular flexibility index (Phi) is 1.58. The molecular weight excluding hydrogens is 156 g/mol. The van der Waals surface area contributed by atoms with Crippen molar-refractivity contribution in [2.24, 2.45) is 4.99 Å². The number of nitrogen functional groups attached to an aromatic ring is 1. The SMILES string of the molecule is Nc1cccc2c1N=CCS2. The van der Waals surface area contributed by atoms with Crippen molar-refractivity contribution in [3.63, 3.8) is 0 Å². The van der Waals surface area contributed by atoms with E-state index in [1.165, 1.54) is 4.90 Å². The fourth-order valence-corrected chi connectivity index (χ4v) is 1.86. The van der Waals surface area contributed by atoms with Crippen LogP contribution in [0.3, 0.4) is 0 Å². The summed E-state index contributed by atoms with van der Waals surface area (Å²) in [6.07, 6.45) is 1.89. The van der Waals surface area contributed by atoms with E-state index in [0.717, 1.165) is 17.1 Å². The molecule has 1 aromatic carbocycles. The molecule has 0 atom stereocenters. The first kappa shape index (κ1) is 6.73. The predicted octanol–water partition coefficient (Wildman–Crippen LogP) is 2.08. The van der Waals surface area contributed by atoms with Crippen LogP contribution in [-0.4, -0.2) is 12.0 Å². The fraction of sp³-hybridized carbons (Fsp3) is 0.125. The molecule has 1 heterocycles. The number of benzene rings is 1. The Morgan fingerprint density at radius 3 is 3.18 bits per heavy atom. The first-order valence-corrected chi connectivity index (χ1v) is 4.40. The van der Waals surface area contributed by atoms with Gasteiger partial charge in [0.1, 0.15) is 0 Å². The van der Waals surface area contributed by atoms with Gasteiger partial charge < -0.3 is 5.73 Å². The molecule has 0 spiro atoms. The molecule has 2 rings (SSSR count). The number of para-hydroxylation sites is 1. The van der Waals surface area contributed by atoms with Crippen LogP contribution < -0.4 is 5.73 Å². The number of anilines is 1. The summed E-state index contributed by atoms with van der Waals surface area (Å²) in [5.41, 5.74) is 7.42. The highest BCUT2D eigenvalue weighted by molar-refractivity contribution is 8.00. The van der Waals surface area contributed by atoms with Crippen LogP contribution in [0.2, 0.25) is 0 Å². The summed E-state index contributed by atoms with van der Waals surface area (Å²) >= 11 is 1.77. The number of thioether (sulfide) groups is 1. The number of nitrogens with zero attached hydrogens (tertiary/aromatic N) is 1. The summed E-state index contributed by atoms with van der Waals surface area (Å²) in [5, 5.41) is 0. The van der Waals surface area contributed by atoms with Crippen LogP contribution in [0, 0.1) is 0 Å². The minimum absolute atomic E-state index is 0.769. The van der Waals surface area contributed by atoms with Crippen molar-refractivity contribution in [1.82, 2.24) is 0 Å². The quantitative estimate of drug-likeness (QED) is 0.596. The maximum absolute atomic E-state index is 5.71. The molecular formula is C8H8N2S. The van der Waals surface area contributed by atoms with Gasteiger partial charge in [-0.1, -0.05) is 6.07 Å². The molecule has 56 valence electrons. The van der Waals surface area contributed by atoms with E-state index in [1.54, 1.807) is 11.8 Å². The lowest BCUT2D eigenvalue weighted by Gasteiger charge is -2.09. The minimum Gasteiger partial charge on any atom is -0.397 e. The van der Waals surface area contributed by atoms with Crippen molar-refractivity contribution in [1.29, 1.82) is 0 Å². The van der Waals surface area contributed by atoms with Gasteiger partial charge in [0.25, 0.3) is 0 Å². The predicted molar refractivity (Wildman–Crippen MR) is 49.7 cm³/mol. The normalized spacial score (nSPS) is 14.5. The molecule has 2 nitrogen and oxygen atoms in total. The van der Waals surface area contributed by atoms with Crippen LogP contribution in [0.5, 0.6) is 0 Å². The molecule has 0 saturated heterocycles. The topological polar surface area (TPSA) is 38.4 Å². The van der Waals surface area contributed by atoms with Gasteiger partial charge in [0.2, 0.25) is 0 Å². The lowest BCUT2D eigenvalue weighted by Crippen LogP contribution is -1.92. The van der Waals surface area contributed by atoms with Gasteiger partial charge in [-0.2, -0.15) is 0 Å². The molecule has 0 saturated carbocycles. The smallest absolute Gasteiger partial charge is 0.0990 e. The molecule has 0 fully saturated rings. The number of fused-ring (bicyclic) bond motifs is 1. The molecule has 1 aliphatic rings. The van der Waals surface area contributed by atoms with E-state index < -0.39 is 0 Å². The summed E-state index contributed by atoms with van der Waals surface area (Å²) in [6.45, 7) is 0. The molecule has 2 N–H and O–H groups in total. The largest absolute Gasteiger partial charge is 0.397 e. The van der Waals surface area contributed by atoms with E-state index >= 15 is 0 Å². The zero-order chi connectivity index (χ0) is 7.68. The molecule has 0 bridgehead atoms. The van der Waals surface area contributed by atoms with Gasteiger partial charge in [-0.25, -0.2) is 0 Å². The average molecular weight is 164 g/mol. The molecule has 0 amide bonds. The van der Waals surface area contributed by atoms with Gasteiger partial charge in [-0.05, 0) is 12.1 Å². The van der Waals surface area contributed by atoms with Crippen LogP contribution in [-0.2, 0) is 0 Å². The molecule has 0 unspecified atom stereocenters. The van der Waals surface area contributed by atoms with Crippen LogP contribution in [0.25, 0.3) is 0 Å². The van der Waals surface area contributed by atoms with Crippen molar-refractivity contribution in [3.8, 4) is 0 Å². The monoisotopic (exact) mass is 164 g/mol. The Morgan fingerprint density at radius 1 is 1.45 bits per heavy atom. The number of hydrogen-bond acceptors (Lipinski definition) is 3. The Hall–Kier alpha value is -0.960. The van der Waals surface area contributed by atoms with Crippen LogP contribution in [0.1, 0.15) is 0 Å². The molecule has 0 aromatic heterocycles. The second kappa shape index (κ2) is 2.58. The lowest BCUT2D eigenvalue weighted by atomic mass is 10.3. The number of aliphatic imine (C=N–C) groups is 1. The van der Waals surface area contributed by atoms with Gasteiger partial charge in [0.15, 0.2) is 0 Å². The van der Waals surface area contributed by atoms with Crippen molar-refractivity contribution in [2.45, 2.75) is 4.90 Å². The van der Waals surface area contributed by atoms with Crippen molar-refractivity contribution in [3.05, 3.63) is 18.2 Å². The van der Waals surface area contributed by atoms with Crippen molar-refractivity contribution >= 4 is 29.4 Å². The Labute approximate surface area is 69.5 Å². The van der Waals surface area contributed by atoms with E-state index in [1.807, 2.05) is 24.4 Å². The molecule has 1 aliphatic heterocycles. The van der Waals surface area contributed by atoms with Gasteiger partial charge in [-0.3, -0.25) is 4.99 Å². The Balaban J connectivity index is 2.60. The van der Waals surface area contributed by atoms with Crippen LogP contribution in [0.4, 0.5) is 11.4 Å². The third-order valence-corrected chi connectivity index (χ3v) is 2.52. The number of hydrogen-bond donors (Lipinski definition) is 1. The van der Waals surface area contributed by atoms with E-state index in [-0.39, 0.29) is 0 Å². The van der Waals surface area contributed by atoms with Crippen LogP contribution >= 0.6 is 11.8 Å². The van der Waals surface area contributed by atoms with Crippen molar-refractivity contribution in [2.75, 3.05) is 11.5 Å². The standard InChI is InChI=1S/C8H8N2S/c9-6-2-1-3-7-8(6)10-4-5-11-7/h1-4H,5,9H2. The van der Waals surface area contributed by atoms with Gasteiger partial charge in [0, 0.05) is 16.9 Å². The second-order valence-electron chi connectivity index (χ2n) is 2.32. The van der Waals surface area contributed by atoms with Gasteiger partial charge in [0.05, 0.1) is 11.4 Å². The average Bonchev–Trinajstić information content (AvgIpc) is 2.06. The summed E-state index contributed by atoms with van der Waals surface area (Å²) in [6, 6.07) is 5.89. The Morgan fingerprint density at radius 2 is 2.36 bits per heavy atom. The minimum atomic E-state index is 0.769. The Bertz CT molecular complexity index is 307. The number of rotatable bonds is 0. The third-order valence-electron chi connectivity index (χ3n) is 1.56. The zero-order valence-corrected chi connectivity index (χ0v) is 6.77. The molecule has 11 heavy (non-hydrogen) atoms. The van der Waals surface area contributed by atoms with Gasteiger partial charge >= 0.3 is 0 Å². The summed E-state index contributed by atoms with van der Waals surface area (Å²) in [4.78, 5) is 5.41. The maximum Gasteiger partial charge on any atom is 0.0990 e. The summed E-state index contributed by atoms with van der Waals surface area (Å²) in [7, 11) is 0. The molecule has 0 aliphatic carbocycles. The summed E-state index contributed by atoms with van der Waals surface area (Å²) < 4.78 is 0. The first-order valence-electron chi connectivity index (χ1n) is 3.42. The first-order chi connectivity index (χ1) is 5.38. The third kappa shape index (κ3) is 1.12. The number of nitrogens with two attached hydrogens (primary N) is 1. The van der Waals surface area contributed by atoms with Crippen LogP contribution in [0.15, 0.2) is 28.1 Å².